The van der Waals surface area contributed by atoms with Gasteiger partial charge in [-0.3, -0.25) is 0 Å². The van der Waals surface area contributed by atoms with Crippen LogP contribution in [0.5, 0.6) is 11.6 Å². The normalized spacial score (nSPS) is 17.8. The van der Waals surface area contributed by atoms with Crippen LogP contribution in [0, 0.1) is 11.3 Å². The monoisotopic (exact) mass is 390 g/mol. The van der Waals surface area contributed by atoms with Crippen LogP contribution in [0.25, 0.3) is 21.9 Å². The molecule has 1 saturated heterocycles. The van der Waals surface area contributed by atoms with Gasteiger partial charge in [-0.1, -0.05) is 30.3 Å². The molecule has 0 N–H and O–H groups in total. The van der Waals surface area contributed by atoms with E-state index in [1.54, 1.807) is 13.2 Å². The summed E-state index contributed by atoms with van der Waals surface area (Å²) in [6.07, 6.45) is -0.195. The van der Waals surface area contributed by atoms with E-state index in [1.807, 2.05) is 56.3 Å². The highest BCUT2D eigenvalue weighted by molar-refractivity contribution is 6.02. The second-order valence-corrected chi connectivity index (χ2v) is 7.29. The van der Waals surface area contributed by atoms with E-state index in [0.717, 1.165) is 27.6 Å². The molecule has 0 spiro atoms. The highest BCUT2D eigenvalue weighted by Crippen LogP contribution is 2.40. The summed E-state index contributed by atoms with van der Waals surface area (Å²) in [5.41, 5.74) is 2.17. The molecule has 4 rings (SSSR count). The smallest absolute Gasteiger partial charge is 0.222 e. The van der Waals surface area contributed by atoms with Crippen LogP contribution < -0.4 is 9.47 Å². The highest BCUT2D eigenvalue weighted by Gasteiger charge is 2.33. The molecule has 1 aromatic heterocycles. The number of hydrogen-bond acceptors (Lipinski definition) is 6. The minimum absolute atomic E-state index is 0.195. The standard InChI is InChI=1S/C23H22N2O4/c1-23(2)28-14-17(29-23)13-27-22-18-9-10-20(26-3)21(15-7-5-4-6-8-15)19(18)11-16(12-24)25-22/h4-11,17H,13-14H2,1-3H3/t17-/m1/s1. The number of methoxy groups -OCH3 is 1. The SMILES string of the molecule is COc1ccc2c(OC[C@@H]3COC(C)(C)O3)nc(C#N)cc2c1-c1ccccc1. The van der Waals surface area contributed by atoms with Gasteiger partial charge in [0.2, 0.25) is 5.88 Å². The molecular formula is C23H22N2O4. The Morgan fingerprint density at radius 3 is 2.62 bits per heavy atom. The second kappa shape index (κ2) is 7.70. The molecule has 1 atom stereocenters. The van der Waals surface area contributed by atoms with Crippen molar-refractivity contribution in [2.24, 2.45) is 0 Å². The predicted molar refractivity (Wildman–Crippen MR) is 109 cm³/mol. The Morgan fingerprint density at radius 2 is 1.97 bits per heavy atom. The number of rotatable bonds is 5. The zero-order valence-electron chi connectivity index (χ0n) is 16.6. The number of aromatic nitrogens is 1. The van der Waals surface area contributed by atoms with Gasteiger partial charge in [-0.25, -0.2) is 4.98 Å². The summed E-state index contributed by atoms with van der Waals surface area (Å²) in [5.74, 6) is 0.498. The lowest BCUT2D eigenvalue weighted by atomic mass is 9.97. The number of benzene rings is 2. The summed E-state index contributed by atoms with van der Waals surface area (Å²) in [6, 6.07) is 17.6. The van der Waals surface area contributed by atoms with E-state index in [1.165, 1.54) is 0 Å². The van der Waals surface area contributed by atoms with Gasteiger partial charge in [-0.15, -0.1) is 0 Å². The topological polar surface area (TPSA) is 73.6 Å². The minimum Gasteiger partial charge on any atom is -0.496 e. The van der Waals surface area contributed by atoms with Crippen molar-refractivity contribution < 1.29 is 18.9 Å². The van der Waals surface area contributed by atoms with Gasteiger partial charge >= 0.3 is 0 Å². The van der Waals surface area contributed by atoms with Crippen LogP contribution >= 0.6 is 0 Å². The lowest BCUT2D eigenvalue weighted by molar-refractivity contribution is -0.141. The maximum absolute atomic E-state index is 9.51. The lowest BCUT2D eigenvalue weighted by Gasteiger charge is -2.18. The lowest BCUT2D eigenvalue weighted by Crippen LogP contribution is -2.25. The number of nitrogens with zero attached hydrogens (tertiary/aromatic N) is 2. The first-order valence-corrected chi connectivity index (χ1v) is 9.42. The third-order valence-electron chi connectivity index (χ3n) is 4.81. The molecular weight excluding hydrogens is 368 g/mol. The molecule has 6 nitrogen and oxygen atoms in total. The molecule has 0 unspecified atom stereocenters. The third-order valence-corrected chi connectivity index (χ3v) is 4.81. The van der Waals surface area contributed by atoms with Crippen molar-refractivity contribution in [3.8, 4) is 28.8 Å². The van der Waals surface area contributed by atoms with Crippen molar-refractivity contribution in [2.45, 2.75) is 25.7 Å². The third kappa shape index (κ3) is 3.88. The Hall–Kier alpha value is -3.14. The molecule has 6 heteroatoms. The van der Waals surface area contributed by atoms with E-state index in [2.05, 4.69) is 11.1 Å². The van der Waals surface area contributed by atoms with Gasteiger partial charge in [0.25, 0.3) is 0 Å². The molecule has 0 saturated carbocycles. The van der Waals surface area contributed by atoms with Crippen molar-refractivity contribution >= 4 is 10.8 Å². The van der Waals surface area contributed by atoms with E-state index in [9.17, 15) is 5.26 Å². The Balaban J connectivity index is 1.79. The van der Waals surface area contributed by atoms with Crippen LogP contribution in [0.3, 0.4) is 0 Å². The summed E-state index contributed by atoms with van der Waals surface area (Å²) >= 11 is 0. The largest absolute Gasteiger partial charge is 0.496 e. The summed E-state index contributed by atoms with van der Waals surface area (Å²) in [6.45, 7) is 4.48. The number of hydrogen-bond donors (Lipinski definition) is 0. The molecule has 0 aliphatic carbocycles. The van der Waals surface area contributed by atoms with Crippen molar-refractivity contribution in [3.63, 3.8) is 0 Å². The zero-order chi connectivity index (χ0) is 20.4. The molecule has 0 amide bonds. The van der Waals surface area contributed by atoms with Crippen molar-refractivity contribution in [1.82, 2.24) is 4.98 Å². The van der Waals surface area contributed by atoms with Crippen LogP contribution in [0.2, 0.25) is 0 Å². The van der Waals surface area contributed by atoms with Crippen LogP contribution in [0.4, 0.5) is 0 Å². The Bertz CT molecular complexity index is 1070. The summed E-state index contributed by atoms with van der Waals surface area (Å²) in [4.78, 5) is 4.39. The van der Waals surface area contributed by atoms with E-state index in [4.69, 9.17) is 18.9 Å². The first-order chi connectivity index (χ1) is 14.0. The van der Waals surface area contributed by atoms with Gasteiger partial charge in [-0.05, 0) is 37.6 Å². The predicted octanol–water partition coefficient (Wildman–Crippen LogP) is 4.31. The van der Waals surface area contributed by atoms with Gasteiger partial charge in [0.1, 0.15) is 30.2 Å². The van der Waals surface area contributed by atoms with Crippen LogP contribution in [-0.4, -0.2) is 37.2 Å². The van der Waals surface area contributed by atoms with Crippen LogP contribution in [-0.2, 0) is 9.47 Å². The van der Waals surface area contributed by atoms with Gasteiger partial charge in [0, 0.05) is 16.3 Å². The van der Waals surface area contributed by atoms with E-state index in [-0.39, 0.29) is 18.4 Å². The molecule has 0 bridgehead atoms. The number of nitriles is 1. The van der Waals surface area contributed by atoms with Crippen molar-refractivity contribution in [1.29, 1.82) is 5.26 Å². The zero-order valence-corrected chi connectivity index (χ0v) is 16.6. The quantitative estimate of drug-likeness (QED) is 0.646. The molecule has 1 aliphatic heterocycles. The number of pyridine rings is 1. The summed E-state index contributed by atoms with van der Waals surface area (Å²) in [5, 5.41) is 11.2. The van der Waals surface area contributed by atoms with Gasteiger partial charge in [-0.2, -0.15) is 5.26 Å². The van der Waals surface area contributed by atoms with E-state index < -0.39 is 5.79 Å². The first kappa shape index (κ1) is 19.2. The van der Waals surface area contributed by atoms with Crippen LogP contribution in [0.15, 0.2) is 48.5 Å². The fraction of sp³-hybridized carbons (Fsp3) is 0.304. The number of ether oxygens (including phenoxy) is 4. The van der Waals surface area contributed by atoms with Gasteiger partial charge in [0.15, 0.2) is 5.79 Å². The molecule has 1 fully saturated rings. The minimum atomic E-state index is -0.619. The van der Waals surface area contributed by atoms with Gasteiger partial charge in [0.05, 0.1) is 13.7 Å². The average Bonchev–Trinajstić information content (AvgIpc) is 3.10. The maximum Gasteiger partial charge on any atom is 0.222 e. The summed E-state index contributed by atoms with van der Waals surface area (Å²) in [7, 11) is 1.64. The van der Waals surface area contributed by atoms with Crippen molar-refractivity contribution in [2.75, 3.05) is 20.3 Å². The van der Waals surface area contributed by atoms with E-state index >= 15 is 0 Å². The maximum atomic E-state index is 9.51. The average molecular weight is 390 g/mol. The fourth-order valence-corrected chi connectivity index (χ4v) is 3.53. The fourth-order valence-electron chi connectivity index (χ4n) is 3.53. The van der Waals surface area contributed by atoms with Crippen LogP contribution in [0.1, 0.15) is 19.5 Å². The molecule has 29 heavy (non-hydrogen) atoms. The second-order valence-electron chi connectivity index (χ2n) is 7.29. The molecule has 1 aliphatic rings. The molecule has 2 aromatic carbocycles. The Morgan fingerprint density at radius 1 is 1.17 bits per heavy atom. The Labute approximate surface area is 169 Å². The highest BCUT2D eigenvalue weighted by atomic mass is 16.7. The van der Waals surface area contributed by atoms with Gasteiger partial charge < -0.3 is 18.9 Å². The van der Waals surface area contributed by atoms with E-state index in [0.29, 0.717) is 12.5 Å². The molecule has 0 radical (unpaired) electrons. The Kier molecular flexibility index (Phi) is 5.10. The molecule has 2 heterocycles. The van der Waals surface area contributed by atoms with Crippen molar-refractivity contribution in [3.05, 3.63) is 54.2 Å². The first-order valence-electron chi connectivity index (χ1n) is 9.42. The molecule has 3 aromatic rings. The summed E-state index contributed by atoms with van der Waals surface area (Å²) < 4.78 is 23.0. The number of fused-ring (bicyclic) bond motifs is 1. The molecule has 148 valence electrons.